The summed E-state index contributed by atoms with van der Waals surface area (Å²) in [5.74, 6) is 0.575. The fourth-order valence-electron chi connectivity index (χ4n) is 1.61. The Bertz CT molecular complexity index is 379. The molecule has 1 aromatic carbocycles. The second-order valence-electron chi connectivity index (χ2n) is 3.99. The molecule has 0 aliphatic heterocycles. The van der Waals surface area contributed by atoms with E-state index in [-0.39, 0.29) is 11.8 Å². The second kappa shape index (κ2) is 7.71. The summed E-state index contributed by atoms with van der Waals surface area (Å²) in [4.78, 5) is 11.9. The van der Waals surface area contributed by atoms with Crippen LogP contribution in [0.5, 0.6) is 5.75 Å². The van der Waals surface area contributed by atoms with Gasteiger partial charge in [-0.05, 0) is 31.5 Å². The largest absolute Gasteiger partial charge is 0.497 e. The fraction of sp³-hybridized carbons (Fsp3) is 0.500. The molecular weight excluding hydrogens is 230 g/mol. The molecule has 0 aromatic heterocycles. The van der Waals surface area contributed by atoms with Crippen LogP contribution in [0.1, 0.15) is 25.3 Å². The number of carbonyl (C=O) groups is 1. The van der Waals surface area contributed by atoms with Crippen LogP contribution in [0.2, 0.25) is 0 Å². The lowest BCUT2D eigenvalue weighted by Gasteiger charge is -2.13. The molecule has 0 fully saturated rings. The number of rotatable bonds is 7. The van der Waals surface area contributed by atoms with Gasteiger partial charge in [-0.15, -0.1) is 0 Å². The van der Waals surface area contributed by atoms with E-state index in [1.165, 1.54) is 0 Å². The van der Waals surface area contributed by atoms with Gasteiger partial charge in [0.15, 0.2) is 0 Å². The molecule has 1 amide bonds. The number of hydrogen-bond acceptors (Lipinski definition) is 3. The molecule has 1 N–H and O–H groups in total. The van der Waals surface area contributed by atoms with Gasteiger partial charge in [0.1, 0.15) is 5.75 Å². The van der Waals surface area contributed by atoms with Crippen molar-refractivity contribution in [3.63, 3.8) is 0 Å². The Labute approximate surface area is 108 Å². The first kappa shape index (κ1) is 14.5. The maximum absolute atomic E-state index is 11.9. The highest BCUT2D eigenvalue weighted by Crippen LogP contribution is 2.20. The van der Waals surface area contributed by atoms with Crippen molar-refractivity contribution in [3.05, 3.63) is 29.8 Å². The summed E-state index contributed by atoms with van der Waals surface area (Å²) >= 11 is 0. The molecule has 0 aliphatic rings. The zero-order chi connectivity index (χ0) is 13.4. The van der Waals surface area contributed by atoms with E-state index < -0.39 is 0 Å². The Hall–Kier alpha value is -1.55. The van der Waals surface area contributed by atoms with Crippen LogP contribution in [0.3, 0.4) is 0 Å². The molecule has 1 aromatic rings. The molecule has 0 radical (unpaired) electrons. The molecule has 100 valence electrons. The minimum atomic E-state index is -0.193. The fourth-order valence-corrected chi connectivity index (χ4v) is 1.61. The van der Waals surface area contributed by atoms with Crippen molar-refractivity contribution in [1.82, 2.24) is 5.32 Å². The first-order chi connectivity index (χ1) is 8.69. The van der Waals surface area contributed by atoms with Gasteiger partial charge in [0.2, 0.25) is 5.91 Å². The Morgan fingerprint density at radius 2 is 2.22 bits per heavy atom. The van der Waals surface area contributed by atoms with Crippen LogP contribution >= 0.6 is 0 Å². The van der Waals surface area contributed by atoms with E-state index >= 15 is 0 Å². The van der Waals surface area contributed by atoms with E-state index in [0.717, 1.165) is 11.3 Å². The van der Waals surface area contributed by atoms with Gasteiger partial charge in [0, 0.05) is 13.2 Å². The minimum Gasteiger partial charge on any atom is -0.497 e. The Morgan fingerprint density at radius 1 is 1.44 bits per heavy atom. The summed E-state index contributed by atoms with van der Waals surface area (Å²) < 4.78 is 10.3. The molecule has 0 heterocycles. The monoisotopic (exact) mass is 251 g/mol. The molecule has 4 nitrogen and oxygen atoms in total. The van der Waals surface area contributed by atoms with Gasteiger partial charge in [-0.1, -0.05) is 12.1 Å². The molecule has 0 saturated carbocycles. The Balaban J connectivity index is 2.51. The zero-order valence-corrected chi connectivity index (χ0v) is 11.2. The number of hydrogen-bond donors (Lipinski definition) is 1. The van der Waals surface area contributed by atoms with Crippen molar-refractivity contribution in [2.24, 2.45) is 0 Å². The van der Waals surface area contributed by atoms with Crippen molar-refractivity contribution in [2.45, 2.75) is 19.8 Å². The van der Waals surface area contributed by atoms with Crippen LogP contribution in [-0.2, 0) is 9.53 Å². The highest BCUT2D eigenvalue weighted by atomic mass is 16.5. The number of ether oxygens (including phenoxy) is 2. The highest BCUT2D eigenvalue weighted by Gasteiger charge is 2.14. The van der Waals surface area contributed by atoms with Gasteiger partial charge in [0.25, 0.3) is 0 Å². The normalized spacial score (nSPS) is 11.9. The van der Waals surface area contributed by atoms with Gasteiger partial charge >= 0.3 is 0 Å². The van der Waals surface area contributed by atoms with Gasteiger partial charge in [-0.25, -0.2) is 0 Å². The topological polar surface area (TPSA) is 47.6 Å². The van der Waals surface area contributed by atoms with Crippen LogP contribution in [0.15, 0.2) is 24.3 Å². The van der Waals surface area contributed by atoms with Gasteiger partial charge < -0.3 is 14.8 Å². The molecular formula is C14H21NO3. The number of nitrogens with one attached hydrogen (secondary N) is 1. The Morgan fingerprint density at radius 3 is 2.89 bits per heavy atom. The summed E-state index contributed by atoms with van der Waals surface area (Å²) in [6.07, 6.45) is 0. The SMILES string of the molecule is CCOCCNC(=O)C(C)c1cccc(OC)c1. The lowest BCUT2D eigenvalue weighted by Crippen LogP contribution is -2.31. The minimum absolute atomic E-state index is 0.00274. The Kier molecular flexibility index (Phi) is 6.22. The van der Waals surface area contributed by atoms with Crippen molar-refractivity contribution in [3.8, 4) is 5.75 Å². The summed E-state index contributed by atoms with van der Waals surface area (Å²) in [5.41, 5.74) is 0.947. The smallest absolute Gasteiger partial charge is 0.227 e. The summed E-state index contributed by atoms with van der Waals surface area (Å²) in [6.45, 7) is 5.57. The molecule has 0 aliphatic carbocycles. The second-order valence-corrected chi connectivity index (χ2v) is 3.99. The van der Waals surface area contributed by atoms with Crippen LogP contribution in [-0.4, -0.2) is 32.8 Å². The lowest BCUT2D eigenvalue weighted by molar-refractivity contribution is -0.122. The van der Waals surface area contributed by atoms with Crippen molar-refractivity contribution in [2.75, 3.05) is 26.9 Å². The number of benzene rings is 1. The van der Waals surface area contributed by atoms with Gasteiger partial charge in [-0.2, -0.15) is 0 Å². The van der Waals surface area contributed by atoms with Crippen molar-refractivity contribution in [1.29, 1.82) is 0 Å². The van der Waals surface area contributed by atoms with E-state index in [9.17, 15) is 4.79 Å². The molecule has 18 heavy (non-hydrogen) atoms. The van der Waals surface area contributed by atoms with Crippen molar-refractivity contribution < 1.29 is 14.3 Å². The summed E-state index contributed by atoms with van der Waals surface area (Å²) in [6, 6.07) is 7.56. The number of methoxy groups -OCH3 is 1. The van der Waals surface area contributed by atoms with E-state index in [1.807, 2.05) is 38.1 Å². The maximum Gasteiger partial charge on any atom is 0.227 e. The van der Waals surface area contributed by atoms with Gasteiger partial charge in [0.05, 0.1) is 19.6 Å². The van der Waals surface area contributed by atoms with Crippen LogP contribution in [0, 0.1) is 0 Å². The first-order valence-corrected chi connectivity index (χ1v) is 6.18. The summed E-state index contributed by atoms with van der Waals surface area (Å²) in [7, 11) is 1.62. The quantitative estimate of drug-likeness (QED) is 0.753. The van der Waals surface area contributed by atoms with E-state index in [4.69, 9.17) is 9.47 Å². The number of amides is 1. The molecule has 1 unspecified atom stereocenters. The average molecular weight is 251 g/mol. The predicted octanol–water partition coefficient (Wildman–Crippen LogP) is 1.95. The molecule has 0 saturated heterocycles. The van der Waals surface area contributed by atoms with E-state index in [2.05, 4.69) is 5.32 Å². The third-order valence-corrected chi connectivity index (χ3v) is 2.74. The maximum atomic E-state index is 11.9. The third kappa shape index (κ3) is 4.37. The standard InChI is InChI=1S/C14H21NO3/c1-4-18-9-8-15-14(16)11(2)12-6-5-7-13(10-12)17-3/h5-7,10-11H,4,8-9H2,1-3H3,(H,15,16). The average Bonchev–Trinajstić information content (AvgIpc) is 2.42. The molecule has 0 bridgehead atoms. The lowest BCUT2D eigenvalue weighted by atomic mass is 10.0. The van der Waals surface area contributed by atoms with Crippen LogP contribution in [0.4, 0.5) is 0 Å². The van der Waals surface area contributed by atoms with E-state index in [0.29, 0.717) is 19.8 Å². The number of carbonyl (C=O) groups excluding carboxylic acids is 1. The third-order valence-electron chi connectivity index (χ3n) is 2.74. The first-order valence-electron chi connectivity index (χ1n) is 6.18. The molecule has 4 heteroatoms. The predicted molar refractivity (Wildman–Crippen MR) is 70.9 cm³/mol. The van der Waals surface area contributed by atoms with E-state index in [1.54, 1.807) is 7.11 Å². The molecule has 1 rings (SSSR count). The summed E-state index contributed by atoms with van der Waals surface area (Å²) in [5, 5.41) is 2.85. The van der Waals surface area contributed by atoms with Crippen LogP contribution in [0.25, 0.3) is 0 Å². The van der Waals surface area contributed by atoms with Crippen molar-refractivity contribution >= 4 is 5.91 Å². The van der Waals surface area contributed by atoms with Crippen LogP contribution < -0.4 is 10.1 Å². The zero-order valence-electron chi connectivity index (χ0n) is 11.2. The highest BCUT2D eigenvalue weighted by molar-refractivity contribution is 5.83. The molecule has 1 atom stereocenters. The van der Waals surface area contributed by atoms with Gasteiger partial charge in [-0.3, -0.25) is 4.79 Å². The molecule has 0 spiro atoms.